The predicted molar refractivity (Wildman–Crippen MR) is 124 cm³/mol. The third-order valence-electron chi connectivity index (χ3n) is 4.55. The maximum Gasteiger partial charge on any atom is 0.331 e. The van der Waals surface area contributed by atoms with Crippen molar-refractivity contribution < 1.29 is 24.0 Å². The van der Waals surface area contributed by atoms with Gasteiger partial charge in [0.1, 0.15) is 5.75 Å². The van der Waals surface area contributed by atoms with Gasteiger partial charge in [0, 0.05) is 17.7 Å². The lowest BCUT2D eigenvalue weighted by Gasteiger charge is -2.18. The molecule has 0 bridgehead atoms. The van der Waals surface area contributed by atoms with Crippen LogP contribution in [0.15, 0.2) is 84.9 Å². The summed E-state index contributed by atoms with van der Waals surface area (Å²) in [4.78, 5) is 36.2. The molecule has 1 amide bonds. The van der Waals surface area contributed by atoms with E-state index in [0.717, 1.165) is 6.08 Å². The number of benzene rings is 3. The second kappa shape index (κ2) is 11.2. The fourth-order valence-electron chi connectivity index (χ4n) is 3.06. The van der Waals surface area contributed by atoms with Crippen LogP contribution in [0.5, 0.6) is 5.75 Å². The molecule has 0 radical (unpaired) electrons. The molecule has 1 N–H and O–H groups in total. The highest BCUT2D eigenvalue weighted by Gasteiger charge is 2.25. The monoisotopic (exact) mass is 446 g/mol. The number of ether oxygens (including phenoxy) is 2. The van der Waals surface area contributed by atoms with Gasteiger partial charge >= 0.3 is 5.97 Å². The Kier molecular flexibility index (Phi) is 7.91. The first-order valence-electron chi connectivity index (χ1n) is 10.2. The number of amides is 1. The van der Waals surface area contributed by atoms with Crippen LogP contribution in [0.2, 0.25) is 0 Å². The summed E-state index contributed by atoms with van der Waals surface area (Å²) < 4.78 is 11.0. The predicted octanol–water partition coefficient (Wildman–Crippen LogP) is 4.93. The Balaban J connectivity index is 1.81. The molecule has 3 aromatic rings. The summed E-state index contributed by atoms with van der Waals surface area (Å²) in [7, 11) is 0. The van der Waals surface area contributed by atoms with E-state index >= 15 is 0 Å². The first-order valence-corrected chi connectivity index (χ1v) is 10.2. The number of nitrogens with zero attached hydrogens (tertiary/aromatic N) is 1. The number of anilines is 1. The fourth-order valence-corrected chi connectivity index (χ4v) is 3.06. The molecule has 0 spiro atoms. The Labute approximate surface area is 190 Å². The first-order chi connectivity index (χ1) is 16.0. The molecular formula is C25H22N2O6. The van der Waals surface area contributed by atoms with Crippen LogP contribution in [0.4, 0.5) is 11.4 Å². The summed E-state index contributed by atoms with van der Waals surface area (Å²) in [6.45, 7) is 2.25. The van der Waals surface area contributed by atoms with E-state index in [4.69, 9.17) is 9.47 Å². The highest BCUT2D eigenvalue weighted by atomic mass is 16.6. The summed E-state index contributed by atoms with van der Waals surface area (Å²) in [6, 6.07) is 21.5. The Bertz CT molecular complexity index is 1160. The van der Waals surface area contributed by atoms with E-state index in [1.165, 1.54) is 24.3 Å². The van der Waals surface area contributed by atoms with Gasteiger partial charge in [0.25, 0.3) is 11.6 Å². The van der Waals surface area contributed by atoms with E-state index in [1.54, 1.807) is 60.7 Å². The lowest BCUT2D eigenvalue weighted by Crippen LogP contribution is -2.25. The van der Waals surface area contributed by atoms with Crippen molar-refractivity contribution in [2.45, 2.75) is 13.0 Å². The van der Waals surface area contributed by atoms with Gasteiger partial charge in [-0.2, -0.15) is 0 Å². The van der Waals surface area contributed by atoms with Crippen molar-refractivity contribution in [2.24, 2.45) is 0 Å². The summed E-state index contributed by atoms with van der Waals surface area (Å²) >= 11 is 0. The SMILES string of the molecule is CCOc1ccccc1NC(=O)C(OC(=O)C=Cc1ccccc1[N+](=O)[O-])c1ccccc1. The standard InChI is InChI=1S/C25H22N2O6/c1-2-32-22-15-9-7-13-20(22)26-25(29)24(19-11-4-3-5-12-19)33-23(28)17-16-18-10-6-8-14-21(18)27(30)31/h3-17,24H,2H2,1H3,(H,26,29). The summed E-state index contributed by atoms with van der Waals surface area (Å²) in [5.74, 6) is -0.904. The molecule has 8 nitrogen and oxygen atoms in total. The molecule has 33 heavy (non-hydrogen) atoms. The van der Waals surface area contributed by atoms with E-state index in [9.17, 15) is 19.7 Å². The summed E-state index contributed by atoms with van der Waals surface area (Å²) in [5.41, 5.74) is 1.00. The second-order valence-corrected chi connectivity index (χ2v) is 6.80. The number of carbonyl (C=O) groups is 2. The van der Waals surface area contributed by atoms with Crippen LogP contribution in [0.3, 0.4) is 0 Å². The first kappa shape index (κ1) is 23.2. The van der Waals surface area contributed by atoms with E-state index < -0.39 is 22.9 Å². The molecule has 0 aliphatic rings. The van der Waals surface area contributed by atoms with Gasteiger partial charge in [-0.3, -0.25) is 14.9 Å². The fraction of sp³-hybridized carbons (Fsp3) is 0.120. The van der Waals surface area contributed by atoms with Crippen LogP contribution >= 0.6 is 0 Å². The molecule has 1 unspecified atom stereocenters. The molecular weight excluding hydrogens is 424 g/mol. The van der Waals surface area contributed by atoms with Gasteiger partial charge in [-0.1, -0.05) is 54.6 Å². The Morgan fingerprint density at radius 2 is 1.67 bits per heavy atom. The van der Waals surface area contributed by atoms with Crippen molar-refractivity contribution in [2.75, 3.05) is 11.9 Å². The Hall–Kier alpha value is -4.46. The average Bonchev–Trinajstić information content (AvgIpc) is 2.83. The van der Waals surface area contributed by atoms with E-state index in [0.29, 0.717) is 23.6 Å². The average molecular weight is 446 g/mol. The second-order valence-electron chi connectivity index (χ2n) is 6.80. The minimum absolute atomic E-state index is 0.147. The summed E-state index contributed by atoms with van der Waals surface area (Å²) in [6.07, 6.45) is 1.09. The Morgan fingerprint density at radius 1 is 1.00 bits per heavy atom. The van der Waals surface area contributed by atoms with Crippen molar-refractivity contribution in [1.82, 2.24) is 0 Å². The zero-order chi connectivity index (χ0) is 23.6. The van der Waals surface area contributed by atoms with Crippen molar-refractivity contribution >= 4 is 29.3 Å². The number of esters is 1. The molecule has 0 saturated carbocycles. The van der Waals surface area contributed by atoms with Crippen molar-refractivity contribution in [3.8, 4) is 5.75 Å². The molecule has 0 aliphatic carbocycles. The van der Waals surface area contributed by atoms with Crippen molar-refractivity contribution in [1.29, 1.82) is 0 Å². The zero-order valence-electron chi connectivity index (χ0n) is 17.8. The van der Waals surface area contributed by atoms with Crippen molar-refractivity contribution in [3.63, 3.8) is 0 Å². The van der Waals surface area contributed by atoms with Gasteiger partial charge in [-0.05, 0) is 31.2 Å². The van der Waals surface area contributed by atoms with Gasteiger partial charge in [-0.25, -0.2) is 4.79 Å². The minimum atomic E-state index is -1.25. The molecule has 1 atom stereocenters. The molecule has 0 aromatic heterocycles. The van der Waals surface area contributed by atoms with E-state index in [-0.39, 0.29) is 11.3 Å². The molecule has 8 heteroatoms. The number of nitro groups is 1. The third-order valence-corrected chi connectivity index (χ3v) is 4.55. The molecule has 0 aliphatic heterocycles. The van der Waals surface area contributed by atoms with Gasteiger partial charge in [0.15, 0.2) is 0 Å². The minimum Gasteiger partial charge on any atom is -0.492 e. The number of carbonyl (C=O) groups excluding carboxylic acids is 2. The normalized spacial score (nSPS) is 11.5. The molecule has 0 heterocycles. The van der Waals surface area contributed by atoms with Crippen molar-refractivity contribution in [3.05, 3.63) is 106 Å². The third kappa shape index (κ3) is 6.27. The van der Waals surface area contributed by atoms with Gasteiger partial charge in [0.05, 0.1) is 22.8 Å². The lowest BCUT2D eigenvalue weighted by molar-refractivity contribution is -0.385. The van der Waals surface area contributed by atoms with Crippen LogP contribution in [0.25, 0.3) is 6.08 Å². The largest absolute Gasteiger partial charge is 0.492 e. The van der Waals surface area contributed by atoms with Crippen LogP contribution in [-0.4, -0.2) is 23.4 Å². The van der Waals surface area contributed by atoms with Crippen LogP contribution in [0.1, 0.15) is 24.2 Å². The van der Waals surface area contributed by atoms with Crippen LogP contribution < -0.4 is 10.1 Å². The van der Waals surface area contributed by atoms with Gasteiger partial charge < -0.3 is 14.8 Å². The summed E-state index contributed by atoms with van der Waals surface area (Å²) in [5, 5.41) is 13.9. The number of para-hydroxylation sites is 3. The topological polar surface area (TPSA) is 108 Å². The zero-order valence-corrected chi connectivity index (χ0v) is 17.8. The highest BCUT2D eigenvalue weighted by Crippen LogP contribution is 2.27. The number of rotatable bonds is 9. The lowest BCUT2D eigenvalue weighted by atomic mass is 10.1. The number of hydrogen-bond donors (Lipinski definition) is 1. The smallest absolute Gasteiger partial charge is 0.331 e. The number of hydrogen-bond acceptors (Lipinski definition) is 6. The van der Waals surface area contributed by atoms with E-state index in [2.05, 4.69) is 5.32 Å². The van der Waals surface area contributed by atoms with E-state index in [1.807, 2.05) is 6.92 Å². The van der Waals surface area contributed by atoms with Gasteiger partial charge in [0.2, 0.25) is 6.10 Å². The molecule has 3 rings (SSSR count). The maximum absolute atomic E-state index is 13.1. The maximum atomic E-state index is 13.1. The molecule has 0 saturated heterocycles. The van der Waals surface area contributed by atoms with Gasteiger partial charge in [-0.15, -0.1) is 0 Å². The number of nitro benzene ring substituents is 1. The van der Waals surface area contributed by atoms with Crippen LogP contribution in [0, 0.1) is 10.1 Å². The highest BCUT2D eigenvalue weighted by molar-refractivity contribution is 5.98. The molecule has 0 fully saturated rings. The molecule has 3 aromatic carbocycles. The molecule has 168 valence electrons. The quantitative estimate of drug-likeness (QED) is 0.216. The Morgan fingerprint density at radius 3 is 2.39 bits per heavy atom. The van der Waals surface area contributed by atoms with Crippen LogP contribution in [-0.2, 0) is 14.3 Å². The number of nitrogens with one attached hydrogen (secondary N) is 1.